The van der Waals surface area contributed by atoms with Gasteiger partial charge in [0.1, 0.15) is 5.82 Å². The number of aryl methyl sites for hydroxylation is 2. The minimum absolute atomic E-state index is 0.0984. The highest BCUT2D eigenvalue weighted by molar-refractivity contribution is 6.01. The van der Waals surface area contributed by atoms with E-state index < -0.39 is 6.04 Å². The van der Waals surface area contributed by atoms with Gasteiger partial charge in [-0.15, -0.1) is 0 Å². The van der Waals surface area contributed by atoms with Gasteiger partial charge in [-0.3, -0.25) is 9.78 Å². The maximum Gasteiger partial charge on any atom is 0.321 e. The van der Waals surface area contributed by atoms with Crippen LogP contribution in [0.3, 0.4) is 0 Å². The average molecular weight is 403 g/mol. The predicted octanol–water partition coefficient (Wildman–Crippen LogP) is 4.38. The second-order valence-electron chi connectivity index (χ2n) is 7.60. The largest absolute Gasteiger partial charge is 0.327 e. The highest BCUT2D eigenvalue weighted by atomic mass is 19.1. The van der Waals surface area contributed by atoms with Crippen LogP contribution in [0.2, 0.25) is 0 Å². The molecule has 1 N–H and O–H groups in total. The standard InChI is InChI=1S/C24H22FN3O2/c1-14-4-10-19-15(2)17(7-11-21(19)26-14)12-22(29)20-13-28(3)24(30)27-23(20)16-5-8-18(25)9-6-16/h4-11,13,23H,12H2,1-3H3,(H,27,30)/t23-/m0/s1. The summed E-state index contributed by atoms with van der Waals surface area (Å²) >= 11 is 0. The third-order valence-corrected chi connectivity index (χ3v) is 5.50. The van der Waals surface area contributed by atoms with E-state index in [-0.39, 0.29) is 24.1 Å². The Labute approximate surface area is 174 Å². The average Bonchev–Trinajstić information content (AvgIpc) is 2.72. The number of nitrogens with one attached hydrogen (secondary N) is 1. The van der Waals surface area contributed by atoms with E-state index in [1.54, 1.807) is 25.4 Å². The van der Waals surface area contributed by atoms with Crippen molar-refractivity contribution in [1.82, 2.24) is 15.2 Å². The first-order valence-corrected chi connectivity index (χ1v) is 9.73. The van der Waals surface area contributed by atoms with Crippen molar-refractivity contribution in [3.05, 3.63) is 88.5 Å². The SMILES string of the molecule is Cc1ccc2c(C)c(CC(=O)C3=CN(C)C(=O)N[C@H]3c3ccc(F)cc3)ccc2n1. The molecule has 30 heavy (non-hydrogen) atoms. The smallest absolute Gasteiger partial charge is 0.321 e. The third kappa shape index (κ3) is 3.68. The van der Waals surface area contributed by atoms with Crippen LogP contribution < -0.4 is 5.32 Å². The first kappa shape index (κ1) is 19.8. The number of hydrogen-bond acceptors (Lipinski definition) is 3. The van der Waals surface area contributed by atoms with Crippen molar-refractivity contribution in [2.24, 2.45) is 0 Å². The minimum atomic E-state index is -0.619. The van der Waals surface area contributed by atoms with Crippen molar-refractivity contribution in [3.63, 3.8) is 0 Å². The molecule has 152 valence electrons. The normalized spacial score (nSPS) is 16.4. The summed E-state index contributed by atoms with van der Waals surface area (Å²) < 4.78 is 13.4. The molecule has 4 rings (SSSR count). The Bertz CT molecular complexity index is 1190. The molecule has 6 heteroatoms. The summed E-state index contributed by atoms with van der Waals surface area (Å²) in [5, 5.41) is 3.85. The molecule has 0 saturated carbocycles. The van der Waals surface area contributed by atoms with E-state index in [4.69, 9.17) is 0 Å². The summed E-state index contributed by atoms with van der Waals surface area (Å²) in [5.41, 5.74) is 4.89. The number of ketones is 1. The first-order valence-electron chi connectivity index (χ1n) is 9.73. The zero-order valence-electron chi connectivity index (χ0n) is 17.1. The Morgan fingerprint density at radius 1 is 1.10 bits per heavy atom. The summed E-state index contributed by atoms with van der Waals surface area (Å²) in [4.78, 5) is 31.4. The zero-order chi connectivity index (χ0) is 21.4. The van der Waals surface area contributed by atoms with Crippen LogP contribution in [0.5, 0.6) is 0 Å². The molecule has 2 amide bonds. The summed E-state index contributed by atoms with van der Waals surface area (Å²) in [6.45, 7) is 3.94. The molecule has 1 atom stereocenters. The van der Waals surface area contributed by atoms with Gasteiger partial charge in [0.15, 0.2) is 5.78 Å². The molecule has 0 bridgehead atoms. The van der Waals surface area contributed by atoms with Crippen LogP contribution in [-0.4, -0.2) is 28.7 Å². The topological polar surface area (TPSA) is 62.3 Å². The van der Waals surface area contributed by atoms with Crippen LogP contribution in [0.4, 0.5) is 9.18 Å². The second-order valence-corrected chi connectivity index (χ2v) is 7.60. The Morgan fingerprint density at radius 2 is 1.83 bits per heavy atom. The number of nitrogens with zero attached hydrogens (tertiary/aromatic N) is 2. The number of benzene rings is 2. The van der Waals surface area contributed by atoms with Crippen molar-refractivity contribution < 1.29 is 14.0 Å². The van der Waals surface area contributed by atoms with Gasteiger partial charge in [0.2, 0.25) is 0 Å². The number of urea groups is 1. The van der Waals surface area contributed by atoms with Crippen molar-refractivity contribution >= 4 is 22.7 Å². The molecular weight excluding hydrogens is 381 g/mol. The molecule has 1 aromatic heterocycles. The van der Waals surface area contributed by atoms with E-state index in [0.717, 1.165) is 27.7 Å². The van der Waals surface area contributed by atoms with Crippen LogP contribution in [0.1, 0.15) is 28.4 Å². The van der Waals surface area contributed by atoms with E-state index in [9.17, 15) is 14.0 Å². The van der Waals surface area contributed by atoms with Crippen LogP contribution >= 0.6 is 0 Å². The lowest BCUT2D eigenvalue weighted by Gasteiger charge is -2.30. The van der Waals surface area contributed by atoms with Crippen LogP contribution in [0, 0.1) is 19.7 Å². The van der Waals surface area contributed by atoms with Crippen LogP contribution in [0.25, 0.3) is 10.9 Å². The van der Waals surface area contributed by atoms with Gasteiger partial charge in [0.25, 0.3) is 0 Å². The summed E-state index contributed by atoms with van der Waals surface area (Å²) in [5.74, 6) is -0.468. The van der Waals surface area contributed by atoms with Gasteiger partial charge in [-0.05, 0) is 54.8 Å². The molecule has 0 spiro atoms. The Balaban J connectivity index is 1.68. The fourth-order valence-corrected chi connectivity index (χ4v) is 3.76. The number of rotatable bonds is 4. The fraction of sp³-hybridized carbons (Fsp3) is 0.208. The van der Waals surface area contributed by atoms with Crippen molar-refractivity contribution in [1.29, 1.82) is 0 Å². The van der Waals surface area contributed by atoms with Gasteiger partial charge in [-0.25, -0.2) is 9.18 Å². The van der Waals surface area contributed by atoms with Gasteiger partial charge in [0, 0.05) is 36.3 Å². The lowest BCUT2D eigenvalue weighted by atomic mass is 9.90. The lowest BCUT2D eigenvalue weighted by Crippen LogP contribution is -2.43. The van der Waals surface area contributed by atoms with Gasteiger partial charge in [-0.2, -0.15) is 0 Å². The third-order valence-electron chi connectivity index (χ3n) is 5.50. The molecule has 5 nitrogen and oxygen atoms in total. The number of amides is 2. The quantitative estimate of drug-likeness (QED) is 0.703. The van der Waals surface area contributed by atoms with E-state index >= 15 is 0 Å². The zero-order valence-corrected chi connectivity index (χ0v) is 17.1. The van der Waals surface area contributed by atoms with Crippen molar-refractivity contribution in [2.45, 2.75) is 26.3 Å². The minimum Gasteiger partial charge on any atom is -0.327 e. The number of aromatic nitrogens is 1. The molecule has 3 aromatic rings. The first-order chi connectivity index (χ1) is 14.3. The summed E-state index contributed by atoms with van der Waals surface area (Å²) in [6, 6.07) is 12.7. The van der Waals surface area contributed by atoms with Crippen molar-refractivity contribution in [2.75, 3.05) is 7.05 Å². The van der Waals surface area contributed by atoms with Gasteiger partial charge in [-0.1, -0.05) is 24.3 Å². The number of carbonyl (C=O) groups is 2. The number of halogens is 1. The van der Waals surface area contributed by atoms with Gasteiger partial charge < -0.3 is 10.2 Å². The van der Waals surface area contributed by atoms with Crippen LogP contribution in [-0.2, 0) is 11.2 Å². The summed E-state index contributed by atoms with van der Waals surface area (Å²) in [7, 11) is 1.60. The second kappa shape index (κ2) is 7.71. The van der Waals surface area contributed by atoms with E-state index in [1.807, 2.05) is 38.1 Å². The number of carbonyl (C=O) groups excluding carboxylic acids is 2. The lowest BCUT2D eigenvalue weighted by molar-refractivity contribution is -0.115. The Morgan fingerprint density at radius 3 is 2.57 bits per heavy atom. The summed E-state index contributed by atoms with van der Waals surface area (Å²) in [6.07, 6.45) is 1.76. The molecule has 0 fully saturated rings. The number of fused-ring (bicyclic) bond motifs is 1. The number of pyridine rings is 1. The molecule has 1 aliphatic rings. The molecule has 2 aromatic carbocycles. The molecule has 0 aliphatic carbocycles. The van der Waals surface area contributed by atoms with Gasteiger partial charge >= 0.3 is 6.03 Å². The number of Topliss-reactive ketones (excluding diaryl/α,β-unsaturated/α-hetero) is 1. The Kier molecular flexibility index (Phi) is 5.08. The van der Waals surface area contributed by atoms with E-state index in [1.165, 1.54) is 17.0 Å². The predicted molar refractivity (Wildman–Crippen MR) is 113 cm³/mol. The number of hydrogen-bond donors (Lipinski definition) is 1. The molecule has 0 radical (unpaired) electrons. The maximum atomic E-state index is 13.4. The van der Waals surface area contributed by atoms with Gasteiger partial charge in [0.05, 0.1) is 11.6 Å². The maximum absolute atomic E-state index is 13.4. The van der Waals surface area contributed by atoms with Crippen LogP contribution in [0.15, 0.2) is 60.3 Å². The molecule has 0 saturated heterocycles. The molecule has 0 unspecified atom stereocenters. The molecule has 2 heterocycles. The monoisotopic (exact) mass is 403 g/mol. The molecular formula is C24H22FN3O2. The molecule has 1 aliphatic heterocycles. The van der Waals surface area contributed by atoms with Crippen molar-refractivity contribution in [3.8, 4) is 0 Å². The Hall–Kier alpha value is -3.54. The van der Waals surface area contributed by atoms with E-state index in [2.05, 4.69) is 10.3 Å². The fourth-order valence-electron chi connectivity index (χ4n) is 3.76. The van der Waals surface area contributed by atoms with E-state index in [0.29, 0.717) is 11.1 Å². The highest BCUT2D eigenvalue weighted by Gasteiger charge is 2.30. The highest BCUT2D eigenvalue weighted by Crippen LogP contribution is 2.29.